The molecule has 1 N–H and O–H groups in total. The van der Waals surface area contributed by atoms with Crippen LogP contribution in [-0.2, 0) is 4.79 Å². The van der Waals surface area contributed by atoms with E-state index >= 15 is 0 Å². The third-order valence-electron chi connectivity index (χ3n) is 3.74. The maximum absolute atomic E-state index is 12.1. The van der Waals surface area contributed by atoms with Gasteiger partial charge >= 0.3 is 5.97 Å². The molecule has 20 heavy (non-hydrogen) atoms. The van der Waals surface area contributed by atoms with Crippen molar-refractivity contribution < 1.29 is 19.6 Å². The van der Waals surface area contributed by atoms with Crippen molar-refractivity contribution >= 4 is 17.4 Å². The molecule has 0 heterocycles. The molecule has 106 valence electrons. The third-order valence-corrected chi connectivity index (χ3v) is 3.74. The van der Waals surface area contributed by atoms with Gasteiger partial charge in [-0.15, -0.1) is 0 Å². The number of rotatable bonds is 5. The van der Waals surface area contributed by atoms with E-state index < -0.39 is 10.9 Å². The monoisotopic (exact) mass is 277 g/mol. The Balaban J connectivity index is 2.00. The van der Waals surface area contributed by atoms with E-state index in [4.69, 9.17) is 5.11 Å². The topological polar surface area (TPSA) is 97.5 Å². The Kier molecular flexibility index (Phi) is 4.12. The summed E-state index contributed by atoms with van der Waals surface area (Å²) in [5.41, 5.74) is 0.212. The Morgan fingerprint density at radius 2 is 2.10 bits per heavy atom. The summed E-state index contributed by atoms with van der Waals surface area (Å²) in [6.45, 7) is 0. The highest BCUT2D eigenvalue weighted by Gasteiger charge is 2.31. The molecular weight excluding hydrogens is 262 g/mol. The van der Waals surface area contributed by atoms with Crippen LogP contribution >= 0.6 is 0 Å². The van der Waals surface area contributed by atoms with E-state index in [9.17, 15) is 19.7 Å². The molecule has 0 spiro atoms. The lowest BCUT2D eigenvalue weighted by molar-refractivity contribution is -0.384. The molecule has 0 amide bonds. The van der Waals surface area contributed by atoms with Crippen molar-refractivity contribution in [1.82, 2.24) is 0 Å². The van der Waals surface area contributed by atoms with Gasteiger partial charge in [0.25, 0.3) is 5.69 Å². The van der Waals surface area contributed by atoms with Gasteiger partial charge in [0.15, 0.2) is 5.78 Å². The molecule has 1 saturated carbocycles. The summed E-state index contributed by atoms with van der Waals surface area (Å²) in [7, 11) is 0. The van der Waals surface area contributed by atoms with Crippen LogP contribution in [0.15, 0.2) is 24.3 Å². The first-order chi connectivity index (χ1) is 9.47. The predicted molar refractivity (Wildman–Crippen MR) is 70.5 cm³/mol. The van der Waals surface area contributed by atoms with Crippen molar-refractivity contribution in [2.75, 3.05) is 0 Å². The van der Waals surface area contributed by atoms with Gasteiger partial charge in [0.2, 0.25) is 0 Å². The number of nitrogens with zero attached hydrogens (tertiary/aromatic N) is 1. The molecule has 1 fully saturated rings. The Morgan fingerprint density at radius 1 is 1.35 bits per heavy atom. The highest BCUT2D eigenvalue weighted by atomic mass is 16.6. The quantitative estimate of drug-likeness (QED) is 0.507. The SMILES string of the molecule is O=C(C[C@@H]1CC[C@H](C(=O)O)C1)c1cccc([N+](=O)[O-])c1. The van der Waals surface area contributed by atoms with E-state index in [1.165, 1.54) is 18.2 Å². The van der Waals surface area contributed by atoms with E-state index in [1.807, 2.05) is 0 Å². The molecule has 0 bridgehead atoms. The maximum atomic E-state index is 12.1. The first-order valence-corrected chi connectivity index (χ1v) is 6.48. The summed E-state index contributed by atoms with van der Waals surface area (Å²) in [5.74, 6) is -1.28. The Morgan fingerprint density at radius 3 is 2.70 bits per heavy atom. The average molecular weight is 277 g/mol. The van der Waals surface area contributed by atoms with Crippen molar-refractivity contribution in [3.8, 4) is 0 Å². The Hall–Kier alpha value is -2.24. The number of aliphatic carboxylic acids is 1. The first kappa shape index (κ1) is 14.2. The number of hydrogen-bond acceptors (Lipinski definition) is 4. The van der Waals surface area contributed by atoms with Crippen LogP contribution in [-0.4, -0.2) is 21.8 Å². The van der Waals surface area contributed by atoms with Crippen molar-refractivity contribution in [2.24, 2.45) is 11.8 Å². The number of nitro benzene ring substituents is 1. The number of Topliss-reactive ketones (excluding diaryl/α,β-unsaturated/α-hetero) is 1. The van der Waals surface area contributed by atoms with E-state index in [2.05, 4.69) is 0 Å². The van der Waals surface area contributed by atoms with Crippen LogP contribution in [0.25, 0.3) is 0 Å². The molecular formula is C14H15NO5. The smallest absolute Gasteiger partial charge is 0.306 e. The van der Waals surface area contributed by atoms with Gasteiger partial charge < -0.3 is 5.11 Å². The number of benzene rings is 1. The fourth-order valence-corrected chi connectivity index (χ4v) is 2.66. The summed E-state index contributed by atoms with van der Waals surface area (Å²) >= 11 is 0. The number of non-ortho nitro benzene ring substituents is 1. The van der Waals surface area contributed by atoms with Crippen LogP contribution in [0, 0.1) is 22.0 Å². The fraction of sp³-hybridized carbons (Fsp3) is 0.429. The maximum Gasteiger partial charge on any atom is 0.306 e. The number of hydrogen-bond donors (Lipinski definition) is 1. The molecule has 0 aromatic heterocycles. The number of carboxylic acids is 1. The minimum atomic E-state index is -0.810. The van der Waals surface area contributed by atoms with Crippen molar-refractivity contribution in [1.29, 1.82) is 0 Å². The number of carbonyl (C=O) groups is 2. The van der Waals surface area contributed by atoms with E-state index in [1.54, 1.807) is 6.07 Å². The van der Waals surface area contributed by atoms with Gasteiger partial charge in [0.05, 0.1) is 10.8 Å². The predicted octanol–water partition coefficient (Wildman–Crippen LogP) is 2.67. The first-order valence-electron chi connectivity index (χ1n) is 6.48. The van der Waals surface area contributed by atoms with E-state index in [0.29, 0.717) is 18.4 Å². The molecule has 2 rings (SSSR count). The fourth-order valence-electron chi connectivity index (χ4n) is 2.66. The second kappa shape index (κ2) is 5.81. The number of nitro groups is 1. The summed E-state index contributed by atoms with van der Waals surface area (Å²) < 4.78 is 0. The summed E-state index contributed by atoms with van der Waals surface area (Å²) in [6.07, 6.45) is 2.08. The van der Waals surface area contributed by atoms with Gasteiger partial charge in [-0.3, -0.25) is 19.7 Å². The molecule has 6 nitrogen and oxygen atoms in total. The number of ketones is 1. The van der Waals surface area contributed by atoms with Crippen LogP contribution in [0.3, 0.4) is 0 Å². The summed E-state index contributed by atoms with van der Waals surface area (Å²) in [4.78, 5) is 33.1. The molecule has 6 heteroatoms. The summed E-state index contributed by atoms with van der Waals surface area (Å²) in [5, 5.41) is 19.6. The van der Waals surface area contributed by atoms with Crippen LogP contribution in [0.4, 0.5) is 5.69 Å². The number of carboxylic acid groups (broad SMARTS) is 1. The van der Waals surface area contributed by atoms with Crippen molar-refractivity contribution in [3.63, 3.8) is 0 Å². The Labute approximate surface area is 115 Å². The highest BCUT2D eigenvalue weighted by Crippen LogP contribution is 2.34. The highest BCUT2D eigenvalue weighted by molar-refractivity contribution is 5.96. The average Bonchev–Trinajstić information content (AvgIpc) is 2.87. The van der Waals surface area contributed by atoms with Crippen molar-refractivity contribution in [3.05, 3.63) is 39.9 Å². The Bertz CT molecular complexity index is 554. The molecule has 0 saturated heterocycles. The van der Waals surface area contributed by atoms with Gasteiger partial charge in [-0.1, -0.05) is 12.1 Å². The van der Waals surface area contributed by atoms with Crippen LogP contribution in [0.1, 0.15) is 36.0 Å². The minimum Gasteiger partial charge on any atom is -0.481 e. The van der Waals surface area contributed by atoms with Crippen LogP contribution < -0.4 is 0 Å². The second-order valence-corrected chi connectivity index (χ2v) is 5.15. The van der Waals surface area contributed by atoms with Gasteiger partial charge in [-0.05, 0) is 25.2 Å². The zero-order valence-electron chi connectivity index (χ0n) is 10.8. The van der Waals surface area contributed by atoms with Crippen LogP contribution in [0.2, 0.25) is 0 Å². The third kappa shape index (κ3) is 3.20. The normalized spacial score (nSPS) is 21.6. The molecule has 2 atom stereocenters. The van der Waals surface area contributed by atoms with E-state index in [0.717, 1.165) is 6.42 Å². The molecule has 1 aromatic rings. The van der Waals surface area contributed by atoms with Crippen molar-refractivity contribution in [2.45, 2.75) is 25.7 Å². The lowest BCUT2D eigenvalue weighted by Gasteiger charge is -2.08. The zero-order chi connectivity index (χ0) is 14.7. The lowest BCUT2D eigenvalue weighted by atomic mass is 9.96. The van der Waals surface area contributed by atoms with E-state index in [-0.39, 0.29) is 29.7 Å². The van der Waals surface area contributed by atoms with Gasteiger partial charge in [0, 0.05) is 24.1 Å². The second-order valence-electron chi connectivity index (χ2n) is 5.15. The molecule has 1 aromatic carbocycles. The minimum absolute atomic E-state index is 0.0582. The number of carbonyl (C=O) groups excluding carboxylic acids is 1. The summed E-state index contributed by atoms with van der Waals surface area (Å²) in [6, 6.07) is 5.65. The van der Waals surface area contributed by atoms with Gasteiger partial charge in [-0.2, -0.15) is 0 Å². The van der Waals surface area contributed by atoms with Gasteiger partial charge in [0.1, 0.15) is 0 Å². The molecule has 0 radical (unpaired) electrons. The molecule has 0 aliphatic heterocycles. The largest absolute Gasteiger partial charge is 0.481 e. The molecule has 1 aliphatic carbocycles. The standard InChI is InChI=1S/C14H15NO5/c16-13(7-9-4-5-11(6-9)14(17)18)10-2-1-3-12(8-10)15(19)20/h1-3,8-9,11H,4-7H2,(H,17,18)/t9-,11+/m1/s1. The van der Waals surface area contributed by atoms with Gasteiger partial charge in [-0.25, -0.2) is 0 Å². The lowest BCUT2D eigenvalue weighted by Crippen LogP contribution is -2.11. The van der Waals surface area contributed by atoms with Crippen LogP contribution in [0.5, 0.6) is 0 Å². The zero-order valence-corrected chi connectivity index (χ0v) is 10.8. The molecule has 0 unspecified atom stereocenters. The molecule has 1 aliphatic rings.